The average Bonchev–Trinajstić information content (AvgIpc) is 2.73. The molecule has 0 aliphatic carbocycles. The van der Waals surface area contributed by atoms with E-state index in [1.807, 2.05) is 0 Å². The fourth-order valence-electron chi connectivity index (χ4n) is 2.09. The minimum absolute atomic E-state index is 0.597. The zero-order valence-corrected chi connectivity index (χ0v) is 10.2. The van der Waals surface area contributed by atoms with Crippen molar-refractivity contribution in [1.29, 1.82) is 0 Å². The summed E-state index contributed by atoms with van der Waals surface area (Å²) in [7, 11) is 4.19. The van der Waals surface area contributed by atoms with Gasteiger partial charge >= 0.3 is 0 Å². The van der Waals surface area contributed by atoms with Gasteiger partial charge in [0.25, 0.3) is 0 Å². The molecule has 1 aromatic rings. The van der Waals surface area contributed by atoms with Gasteiger partial charge in [-0.1, -0.05) is 12.1 Å². The highest BCUT2D eigenvalue weighted by Crippen LogP contribution is 2.13. The first-order valence-corrected chi connectivity index (χ1v) is 5.95. The second-order valence-corrected chi connectivity index (χ2v) is 4.77. The second-order valence-electron chi connectivity index (χ2n) is 4.77. The van der Waals surface area contributed by atoms with Gasteiger partial charge in [-0.25, -0.2) is 0 Å². The van der Waals surface area contributed by atoms with Gasteiger partial charge in [-0.2, -0.15) is 0 Å². The van der Waals surface area contributed by atoms with Crippen LogP contribution < -0.4 is 10.6 Å². The zero-order valence-electron chi connectivity index (χ0n) is 10.2. The van der Waals surface area contributed by atoms with Gasteiger partial charge in [-0.3, -0.25) is 0 Å². The van der Waals surface area contributed by atoms with Gasteiger partial charge in [0.1, 0.15) is 0 Å². The minimum atomic E-state index is 0.597. The maximum atomic E-state index is 3.55. The summed E-state index contributed by atoms with van der Waals surface area (Å²) in [5.41, 5.74) is 2.59. The van der Waals surface area contributed by atoms with E-state index in [0.717, 1.165) is 19.6 Å². The molecule has 0 bridgehead atoms. The van der Waals surface area contributed by atoms with Crippen LogP contribution in [0.3, 0.4) is 0 Å². The fourth-order valence-corrected chi connectivity index (χ4v) is 2.09. The molecule has 1 unspecified atom stereocenters. The summed E-state index contributed by atoms with van der Waals surface area (Å²) in [6.07, 6.45) is 1.22. The van der Waals surface area contributed by atoms with Crippen molar-refractivity contribution in [1.82, 2.24) is 10.2 Å². The average molecular weight is 219 g/mol. The minimum Gasteiger partial charge on any atom is -0.381 e. The summed E-state index contributed by atoms with van der Waals surface area (Å²) < 4.78 is 0. The molecule has 0 saturated carbocycles. The van der Waals surface area contributed by atoms with Gasteiger partial charge in [0.15, 0.2) is 0 Å². The van der Waals surface area contributed by atoms with Crippen LogP contribution in [-0.2, 0) is 6.54 Å². The SMILES string of the molecule is CN(C)Cc1ccc(NC2CCNC2)cc1. The Hall–Kier alpha value is -1.06. The van der Waals surface area contributed by atoms with E-state index in [0.29, 0.717) is 6.04 Å². The van der Waals surface area contributed by atoms with Crippen LogP contribution in [0.4, 0.5) is 5.69 Å². The molecule has 2 rings (SSSR count). The molecule has 0 spiro atoms. The van der Waals surface area contributed by atoms with Crippen LogP contribution in [-0.4, -0.2) is 38.1 Å². The molecule has 2 N–H and O–H groups in total. The van der Waals surface area contributed by atoms with Crippen LogP contribution in [0.1, 0.15) is 12.0 Å². The normalized spacial score (nSPS) is 20.3. The van der Waals surface area contributed by atoms with E-state index in [-0.39, 0.29) is 0 Å². The molecule has 0 aromatic heterocycles. The van der Waals surface area contributed by atoms with E-state index in [2.05, 4.69) is 53.9 Å². The summed E-state index contributed by atoms with van der Waals surface area (Å²) in [4.78, 5) is 2.18. The molecule has 1 aliphatic rings. The van der Waals surface area contributed by atoms with Crippen molar-refractivity contribution in [3.05, 3.63) is 29.8 Å². The maximum absolute atomic E-state index is 3.55. The molecule has 1 aliphatic heterocycles. The first-order valence-electron chi connectivity index (χ1n) is 5.95. The summed E-state index contributed by atoms with van der Waals surface area (Å²) in [6, 6.07) is 9.35. The first kappa shape index (κ1) is 11.4. The van der Waals surface area contributed by atoms with Crippen LogP contribution in [0.2, 0.25) is 0 Å². The molecule has 0 amide bonds. The summed E-state index contributed by atoms with van der Waals surface area (Å²) in [5.74, 6) is 0. The third-order valence-corrected chi connectivity index (χ3v) is 2.88. The van der Waals surface area contributed by atoms with Gasteiger partial charge in [0, 0.05) is 24.8 Å². The number of nitrogens with one attached hydrogen (secondary N) is 2. The van der Waals surface area contributed by atoms with Crippen molar-refractivity contribution in [3.8, 4) is 0 Å². The molecule has 3 heteroatoms. The Balaban J connectivity index is 1.90. The van der Waals surface area contributed by atoms with Crippen molar-refractivity contribution >= 4 is 5.69 Å². The Morgan fingerprint density at radius 2 is 2.06 bits per heavy atom. The highest BCUT2D eigenvalue weighted by atomic mass is 15.0. The molecular weight excluding hydrogens is 198 g/mol. The Morgan fingerprint density at radius 3 is 2.62 bits per heavy atom. The Labute approximate surface area is 97.8 Å². The molecule has 0 radical (unpaired) electrons. The smallest absolute Gasteiger partial charge is 0.0398 e. The lowest BCUT2D eigenvalue weighted by atomic mass is 10.2. The molecule has 1 heterocycles. The monoisotopic (exact) mass is 219 g/mol. The molecule has 1 aromatic carbocycles. The van der Waals surface area contributed by atoms with Crippen molar-refractivity contribution in [2.75, 3.05) is 32.5 Å². The predicted octanol–water partition coefficient (Wildman–Crippen LogP) is 1.52. The standard InChI is InChI=1S/C13H21N3/c1-16(2)10-11-3-5-12(6-4-11)15-13-7-8-14-9-13/h3-6,13-15H,7-10H2,1-2H3. The number of rotatable bonds is 4. The maximum Gasteiger partial charge on any atom is 0.0398 e. The third kappa shape index (κ3) is 3.22. The van der Waals surface area contributed by atoms with Gasteiger partial charge in [-0.15, -0.1) is 0 Å². The Kier molecular flexibility index (Phi) is 3.80. The molecular formula is C13H21N3. The van der Waals surface area contributed by atoms with Gasteiger partial charge in [-0.05, 0) is 44.8 Å². The molecule has 1 atom stereocenters. The Morgan fingerprint density at radius 1 is 1.31 bits per heavy atom. The lowest BCUT2D eigenvalue weighted by Gasteiger charge is -2.14. The van der Waals surface area contributed by atoms with Gasteiger partial charge in [0.05, 0.1) is 0 Å². The molecule has 1 fully saturated rings. The number of benzene rings is 1. The summed E-state index contributed by atoms with van der Waals surface area (Å²) in [5, 5.41) is 6.91. The van der Waals surface area contributed by atoms with E-state index in [1.54, 1.807) is 0 Å². The highest BCUT2D eigenvalue weighted by Gasteiger charge is 2.13. The topological polar surface area (TPSA) is 27.3 Å². The number of nitrogens with zero attached hydrogens (tertiary/aromatic N) is 1. The van der Waals surface area contributed by atoms with Crippen LogP contribution in [0.5, 0.6) is 0 Å². The first-order chi connectivity index (χ1) is 7.74. The molecule has 16 heavy (non-hydrogen) atoms. The van der Waals surface area contributed by atoms with Gasteiger partial charge in [0.2, 0.25) is 0 Å². The quantitative estimate of drug-likeness (QED) is 0.804. The predicted molar refractivity (Wildman–Crippen MR) is 68.7 cm³/mol. The van der Waals surface area contributed by atoms with E-state index in [9.17, 15) is 0 Å². The summed E-state index contributed by atoms with van der Waals surface area (Å²) >= 11 is 0. The highest BCUT2D eigenvalue weighted by molar-refractivity contribution is 5.45. The van der Waals surface area contributed by atoms with E-state index >= 15 is 0 Å². The van der Waals surface area contributed by atoms with Crippen molar-refractivity contribution in [2.45, 2.75) is 19.0 Å². The second kappa shape index (κ2) is 5.32. The lowest BCUT2D eigenvalue weighted by Crippen LogP contribution is -2.22. The lowest BCUT2D eigenvalue weighted by molar-refractivity contribution is 0.402. The van der Waals surface area contributed by atoms with E-state index < -0.39 is 0 Å². The fraction of sp³-hybridized carbons (Fsp3) is 0.538. The molecule has 1 saturated heterocycles. The van der Waals surface area contributed by atoms with Crippen molar-refractivity contribution < 1.29 is 0 Å². The molecule has 88 valence electrons. The Bertz CT molecular complexity index is 312. The summed E-state index contributed by atoms with van der Waals surface area (Å²) in [6.45, 7) is 3.22. The zero-order chi connectivity index (χ0) is 11.4. The van der Waals surface area contributed by atoms with Crippen LogP contribution in [0.25, 0.3) is 0 Å². The number of hydrogen-bond acceptors (Lipinski definition) is 3. The third-order valence-electron chi connectivity index (χ3n) is 2.88. The van der Waals surface area contributed by atoms with E-state index in [1.165, 1.54) is 17.7 Å². The number of hydrogen-bond donors (Lipinski definition) is 2. The van der Waals surface area contributed by atoms with Crippen LogP contribution in [0.15, 0.2) is 24.3 Å². The van der Waals surface area contributed by atoms with E-state index in [4.69, 9.17) is 0 Å². The van der Waals surface area contributed by atoms with Crippen LogP contribution in [0, 0.1) is 0 Å². The molecule has 3 nitrogen and oxygen atoms in total. The number of anilines is 1. The van der Waals surface area contributed by atoms with Gasteiger partial charge < -0.3 is 15.5 Å². The van der Waals surface area contributed by atoms with Crippen LogP contribution >= 0.6 is 0 Å². The van der Waals surface area contributed by atoms with Crippen molar-refractivity contribution in [2.24, 2.45) is 0 Å². The van der Waals surface area contributed by atoms with Crippen molar-refractivity contribution in [3.63, 3.8) is 0 Å². The largest absolute Gasteiger partial charge is 0.381 e.